The first-order valence-corrected chi connectivity index (χ1v) is 4.03. The molecule has 5 nitrogen and oxygen atoms in total. The lowest BCUT2D eigenvalue weighted by molar-refractivity contribution is -0.0323. The van der Waals surface area contributed by atoms with E-state index in [-0.39, 0.29) is 6.10 Å². The van der Waals surface area contributed by atoms with Gasteiger partial charge < -0.3 is 10.1 Å². The van der Waals surface area contributed by atoms with Gasteiger partial charge in [0.1, 0.15) is 0 Å². The molecular weight excluding hydrogens is 160 g/mol. The van der Waals surface area contributed by atoms with E-state index in [1.54, 1.807) is 0 Å². The van der Waals surface area contributed by atoms with Crippen molar-refractivity contribution >= 4 is 6.09 Å². The molecule has 0 aromatic rings. The SMILES string of the molecule is COC(=O)NOC1CCNCC1. The molecule has 1 amide bonds. The molecule has 1 rings (SSSR count). The monoisotopic (exact) mass is 174 g/mol. The zero-order valence-electron chi connectivity index (χ0n) is 7.13. The van der Waals surface area contributed by atoms with Crippen LogP contribution < -0.4 is 10.8 Å². The Morgan fingerprint density at radius 1 is 1.50 bits per heavy atom. The molecule has 0 unspecified atom stereocenters. The Hall–Kier alpha value is -0.810. The zero-order valence-corrected chi connectivity index (χ0v) is 7.13. The van der Waals surface area contributed by atoms with Gasteiger partial charge >= 0.3 is 6.09 Å². The highest BCUT2D eigenvalue weighted by Gasteiger charge is 2.14. The summed E-state index contributed by atoms with van der Waals surface area (Å²) in [5.41, 5.74) is 2.21. The van der Waals surface area contributed by atoms with E-state index >= 15 is 0 Å². The quantitative estimate of drug-likeness (QED) is 0.580. The molecule has 0 bridgehead atoms. The van der Waals surface area contributed by atoms with E-state index < -0.39 is 6.09 Å². The van der Waals surface area contributed by atoms with Crippen molar-refractivity contribution in [2.75, 3.05) is 20.2 Å². The molecule has 70 valence electrons. The van der Waals surface area contributed by atoms with Crippen LogP contribution in [0.25, 0.3) is 0 Å². The number of hydrogen-bond acceptors (Lipinski definition) is 4. The number of amides is 1. The Bertz CT molecular complexity index is 146. The fourth-order valence-corrected chi connectivity index (χ4v) is 1.09. The fraction of sp³-hybridized carbons (Fsp3) is 0.857. The molecule has 0 spiro atoms. The first-order valence-electron chi connectivity index (χ1n) is 4.03. The summed E-state index contributed by atoms with van der Waals surface area (Å²) in [6.07, 6.45) is 1.41. The average molecular weight is 174 g/mol. The van der Waals surface area contributed by atoms with Gasteiger partial charge in [-0.3, -0.25) is 4.84 Å². The highest BCUT2D eigenvalue weighted by molar-refractivity contribution is 5.65. The highest BCUT2D eigenvalue weighted by atomic mass is 16.7. The number of rotatable bonds is 2. The molecule has 1 heterocycles. The van der Waals surface area contributed by atoms with E-state index in [0.717, 1.165) is 25.9 Å². The van der Waals surface area contributed by atoms with Crippen molar-refractivity contribution < 1.29 is 14.4 Å². The minimum absolute atomic E-state index is 0.116. The number of methoxy groups -OCH3 is 1. The van der Waals surface area contributed by atoms with Crippen LogP contribution in [0.3, 0.4) is 0 Å². The molecule has 0 aromatic heterocycles. The zero-order chi connectivity index (χ0) is 8.81. The lowest BCUT2D eigenvalue weighted by Crippen LogP contribution is -2.37. The van der Waals surface area contributed by atoms with E-state index in [4.69, 9.17) is 4.84 Å². The fourth-order valence-electron chi connectivity index (χ4n) is 1.09. The molecular formula is C7H14N2O3. The van der Waals surface area contributed by atoms with Crippen LogP contribution in [-0.2, 0) is 9.57 Å². The number of piperidine rings is 1. The van der Waals surface area contributed by atoms with Crippen molar-refractivity contribution in [2.45, 2.75) is 18.9 Å². The largest absolute Gasteiger partial charge is 0.451 e. The summed E-state index contributed by atoms with van der Waals surface area (Å²) in [5, 5.41) is 3.19. The van der Waals surface area contributed by atoms with Crippen molar-refractivity contribution in [1.29, 1.82) is 0 Å². The second kappa shape index (κ2) is 4.95. The summed E-state index contributed by atoms with van der Waals surface area (Å²) in [6, 6.07) is 0. The third-order valence-corrected chi connectivity index (χ3v) is 1.78. The summed E-state index contributed by atoms with van der Waals surface area (Å²) in [7, 11) is 1.31. The second-order valence-corrected chi connectivity index (χ2v) is 2.66. The standard InChI is InChI=1S/C7H14N2O3/c1-11-7(10)9-12-6-2-4-8-5-3-6/h6,8H,2-5H2,1H3,(H,9,10). The number of hydroxylamine groups is 1. The summed E-state index contributed by atoms with van der Waals surface area (Å²) in [4.78, 5) is 15.7. The van der Waals surface area contributed by atoms with Crippen LogP contribution >= 0.6 is 0 Å². The van der Waals surface area contributed by atoms with Crippen LogP contribution in [0.15, 0.2) is 0 Å². The maximum Gasteiger partial charge on any atom is 0.431 e. The molecule has 0 aliphatic carbocycles. The molecule has 0 atom stereocenters. The number of nitrogens with one attached hydrogen (secondary N) is 2. The van der Waals surface area contributed by atoms with Crippen LogP contribution in [0.4, 0.5) is 4.79 Å². The number of carbonyl (C=O) groups excluding carboxylic acids is 1. The van der Waals surface area contributed by atoms with Crippen molar-refractivity contribution in [3.8, 4) is 0 Å². The Balaban J connectivity index is 2.09. The van der Waals surface area contributed by atoms with E-state index in [0.29, 0.717) is 0 Å². The summed E-state index contributed by atoms with van der Waals surface area (Å²) in [6.45, 7) is 1.88. The van der Waals surface area contributed by atoms with Gasteiger partial charge in [-0.25, -0.2) is 4.79 Å². The molecule has 1 fully saturated rings. The molecule has 5 heteroatoms. The summed E-state index contributed by atoms with van der Waals surface area (Å²) < 4.78 is 4.35. The van der Waals surface area contributed by atoms with Crippen LogP contribution in [-0.4, -0.2) is 32.4 Å². The molecule has 12 heavy (non-hydrogen) atoms. The van der Waals surface area contributed by atoms with Crippen molar-refractivity contribution in [2.24, 2.45) is 0 Å². The van der Waals surface area contributed by atoms with E-state index in [1.807, 2.05) is 0 Å². The van der Waals surface area contributed by atoms with Gasteiger partial charge in [0.05, 0.1) is 13.2 Å². The number of carbonyl (C=O) groups is 1. The van der Waals surface area contributed by atoms with Crippen molar-refractivity contribution in [3.05, 3.63) is 0 Å². The van der Waals surface area contributed by atoms with Gasteiger partial charge in [0, 0.05) is 0 Å². The highest BCUT2D eigenvalue weighted by Crippen LogP contribution is 2.04. The molecule has 1 aliphatic heterocycles. The third kappa shape index (κ3) is 3.06. The van der Waals surface area contributed by atoms with Gasteiger partial charge in [-0.1, -0.05) is 0 Å². The topological polar surface area (TPSA) is 59.6 Å². The number of ether oxygens (including phenoxy) is 1. The van der Waals surface area contributed by atoms with Crippen LogP contribution in [0.2, 0.25) is 0 Å². The van der Waals surface area contributed by atoms with Gasteiger partial charge in [-0.15, -0.1) is 0 Å². The Kier molecular flexibility index (Phi) is 3.83. The average Bonchev–Trinajstić information content (AvgIpc) is 2.16. The van der Waals surface area contributed by atoms with Gasteiger partial charge in [0.25, 0.3) is 0 Å². The molecule has 0 radical (unpaired) electrons. The third-order valence-electron chi connectivity index (χ3n) is 1.78. The summed E-state index contributed by atoms with van der Waals surface area (Å²) >= 11 is 0. The van der Waals surface area contributed by atoms with Gasteiger partial charge in [-0.2, -0.15) is 5.48 Å². The lowest BCUT2D eigenvalue weighted by atomic mass is 10.1. The second-order valence-electron chi connectivity index (χ2n) is 2.66. The van der Waals surface area contributed by atoms with Crippen molar-refractivity contribution in [3.63, 3.8) is 0 Å². The molecule has 0 aromatic carbocycles. The minimum Gasteiger partial charge on any atom is -0.451 e. The first-order chi connectivity index (χ1) is 5.83. The molecule has 2 N–H and O–H groups in total. The van der Waals surface area contributed by atoms with E-state index in [1.165, 1.54) is 7.11 Å². The maximum absolute atomic E-state index is 10.6. The summed E-state index contributed by atoms with van der Waals surface area (Å²) in [5.74, 6) is 0. The lowest BCUT2D eigenvalue weighted by Gasteiger charge is -2.21. The Labute approximate surface area is 71.4 Å². The number of hydrogen-bond donors (Lipinski definition) is 2. The molecule has 0 saturated carbocycles. The maximum atomic E-state index is 10.6. The molecule has 1 aliphatic rings. The van der Waals surface area contributed by atoms with E-state index in [9.17, 15) is 4.79 Å². The first kappa shape index (κ1) is 9.28. The Morgan fingerprint density at radius 2 is 2.17 bits per heavy atom. The predicted octanol–water partition coefficient (Wildman–Crippen LogP) is 0.0260. The smallest absolute Gasteiger partial charge is 0.431 e. The predicted molar refractivity (Wildman–Crippen MR) is 42.5 cm³/mol. The van der Waals surface area contributed by atoms with Gasteiger partial charge in [-0.05, 0) is 25.9 Å². The minimum atomic E-state index is -0.548. The van der Waals surface area contributed by atoms with Crippen LogP contribution in [0.1, 0.15) is 12.8 Å². The van der Waals surface area contributed by atoms with Gasteiger partial charge in [0.15, 0.2) is 0 Å². The van der Waals surface area contributed by atoms with Crippen LogP contribution in [0, 0.1) is 0 Å². The van der Waals surface area contributed by atoms with E-state index in [2.05, 4.69) is 15.5 Å². The van der Waals surface area contributed by atoms with Crippen molar-refractivity contribution in [1.82, 2.24) is 10.8 Å². The van der Waals surface area contributed by atoms with Gasteiger partial charge in [0.2, 0.25) is 0 Å². The van der Waals surface area contributed by atoms with Crippen LogP contribution in [0.5, 0.6) is 0 Å². The normalized spacial score (nSPS) is 18.8. The molecule has 1 saturated heterocycles. The Morgan fingerprint density at radius 3 is 2.75 bits per heavy atom.